The standard InChI is InChI=1S/C20H19F6NO/c1-12(2)27-7-6-16-17(27)4-3-5-18(16)28-11-13-8-14(19(21,22)23)10-15(9-13)20(24,25)26/h3-5,8-10,12H,6-7,11H2,1-2H3. The Balaban J connectivity index is 1.88. The molecule has 0 unspecified atom stereocenters. The molecule has 0 saturated carbocycles. The van der Waals surface area contributed by atoms with Crippen LogP contribution in [-0.2, 0) is 25.4 Å². The molecular formula is C20H19F6NO. The highest BCUT2D eigenvalue weighted by Gasteiger charge is 2.37. The van der Waals surface area contributed by atoms with Crippen molar-refractivity contribution in [3.63, 3.8) is 0 Å². The van der Waals surface area contributed by atoms with E-state index in [0.717, 1.165) is 17.8 Å². The Hall–Kier alpha value is -2.38. The molecule has 152 valence electrons. The summed E-state index contributed by atoms with van der Waals surface area (Å²) in [6, 6.07) is 7.15. The predicted molar refractivity (Wildman–Crippen MR) is 93.4 cm³/mol. The van der Waals surface area contributed by atoms with Crippen molar-refractivity contribution in [2.75, 3.05) is 11.4 Å². The highest BCUT2D eigenvalue weighted by molar-refractivity contribution is 5.63. The second-order valence-electron chi connectivity index (χ2n) is 6.99. The smallest absolute Gasteiger partial charge is 0.416 e. The summed E-state index contributed by atoms with van der Waals surface area (Å²) >= 11 is 0. The number of hydrogen-bond donors (Lipinski definition) is 0. The quantitative estimate of drug-likeness (QED) is 0.574. The third-order valence-electron chi connectivity index (χ3n) is 4.69. The van der Waals surface area contributed by atoms with E-state index in [1.807, 2.05) is 19.9 Å². The lowest BCUT2D eigenvalue weighted by atomic mass is 10.1. The van der Waals surface area contributed by atoms with Crippen LogP contribution in [-0.4, -0.2) is 12.6 Å². The van der Waals surface area contributed by atoms with Gasteiger partial charge in [0.1, 0.15) is 12.4 Å². The molecule has 0 bridgehead atoms. The van der Waals surface area contributed by atoms with Crippen molar-refractivity contribution in [3.8, 4) is 5.75 Å². The zero-order valence-corrected chi connectivity index (χ0v) is 15.3. The van der Waals surface area contributed by atoms with E-state index in [-0.39, 0.29) is 24.3 Å². The van der Waals surface area contributed by atoms with Gasteiger partial charge in [-0.15, -0.1) is 0 Å². The van der Waals surface area contributed by atoms with Crippen LogP contribution < -0.4 is 9.64 Å². The number of hydrogen-bond acceptors (Lipinski definition) is 2. The third kappa shape index (κ3) is 4.20. The molecule has 3 rings (SSSR count). The molecule has 0 fully saturated rings. The summed E-state index contributed by atoms with van der Waals surface area (Å²) in [5.74, 6) is 0.478. The van der Waals surface area contributed by atoms with E-state index in [1.54, 1.807) is 12.1 Å². The third-order valence-corrected chi connectivity index (χ3v) is 4.69. The molecule has 0 atom stereocenters. The van der Waals surface area contributed by atoms with Gasteiger partial charge in [-0.05, 0) is 56.2 Å². The van der Waals surface area contributed by atoms with Gasteiger partial charge >= 0.3 is 12.4 Å². The first-order chi connectivity index (χ1) is 13.0. The van der Waals surface area contributed by atoms with Gasteiger partial charge < -0.3 is 9.64 Å². The molecule has 0 N–H and O–H groups in total. The molecular weight excluding hydrogens is 384 g/mol. The molecule has 0 amide bonds. The van der Waals surface area contributed by atoms with Crippen molar-refractivity contribution in [2.45, 2.75) is 45.3 Å². The Morgan fingerprint density at radius 1 is 0.964 bits per heavy atom. The monoisotopic (exact) mass is 403 g/mol. The summed E-state index contributed by atoms with van der Waals surface area (Å²) < 4.78 is 83.5. The molecule has 2 aromatic carbocycles. The molecule has 1 aliphatic heterocycles. The van der Waals surface area contributed by atoms with Gasteiger partial charge in [0.2, 0.25) is 0 Å². The number of benzene rings is 2. The molecule has 2 nitrogen and oxygen atoms in total. The van der Waals surface area contributed by atoms with Crippen molar-refractivity contribution >= 4 is 5.69 Å². The number of nitrogens with zero attached hydrogens (tertiary/aromatic N) is 1. The largest absolute Gasteiger partial charge is 0.489 e. The maximum atomic E-state index is 13.0. The van der Waals surface area contributed by atoms with Crippen LogP contribution in [0.4, 0.5) is 32.0 Å². The van der Waals surface area contributed by atoms with Crippen LogP contribution in [0.3, 0.4) is 0 Å². The average molecular weight is 403 g/mol. The van der Waals surface area contributed by atoms with Crippen molar-refractivity contribution in [2.24, 2.45) is 0 Å². The maximum Gasteiger partial charge on any atom is 0.416 e. The highest BCUT2D eigenvalue weighted by atomic mass is 19.4. The average Bonchev–Trinajstić information content (AvgIpc) is 3.03. The number of rotatable bonds is 4. The second-order valence-corrected chi connectivity index (χ2v) is 6.99. The van der Waals surface area contributed by atoms with E-state index in [0.29, 0.717) is 24.3 Å². The summed E-state index contributed by atoms with van der Waals surface area (Å²) in [4.78, 5) is 2.17. The number of halogens is 6. The zero-order valence-electron chi connectivity index (χ0n) is 15.3. The molecule has 0 radical (unpaired) electrons. The Kier molecular flexibility index (Phi) is 5.25. The van der Waals surface area contributed by atoms with Gasteiger partial charge in [0.25, 0.3) is 0 Å². The molecule has 0 aromatic heterocycles. The van der Waals surface area contributed by atoms with Gasteiger partial charge in [-0.3, -0.25) is 0 Å². The van der Waals surface area contributed by atoms with Crippen LogP contribution in [0.15, 0.2) is 36.4 Å². The van der Waals surface area contributed by atoms with E-state index < -0.39 is 23.5 Å². The first-order valence-electron chi connectivity index (χ1n) is 8.76. The van der Waals surface area contributed by atoms with E-state index in [1.165, 1.54) is 0 Å². The van der Waals surface area contributed by atoms with E-state index >= 15 is 0 Å². The first kappa shape index (κ1) is 20.4. The SMILES string of the molecule is CC(C)N1CCc2c(OCc3cc(C(F)(F)F)cc(C(F)(F)F)c3)cccc21. The fourth-order valence-electron chi connectivity index (χ4n) is 3.36. The van der Waals surface area contributed by atoms with Crippen molar-refractivity contribution < 1.29 is 31.1 Å². The van der Waals surface area contributed by atoms with Crippen molar-refractivity contribution in [1.29, 1.82) is 0 Å². The summed E-state index contributed by atoms with van der Waals surface area (Å²) in [5, 5.41) is 0. The lowest BCUT2D eigenvalue weighted by Gasteiger charge is -2.24. The van der Waals surface area contributed by atoms with Gasteiger partial charge in [0.15, 0.2) is 0 Å². The van der Waals surface area contributed by atoms with Crippen LogP contribution in [0.2, 0.25) is 0 Å². The number of ether oxygens (including phenoxy) is 1. The van der Waals surface area contributed by atoms with Crippen LogP contribution in [0, 0.1) is 0 Å². The van der Waals surface area contributed by atoms with Crippen LogP contribution in [0.5, 0.6) is 5.75 Å². The molecule has 8 heteroatoms. The van der Waals surface area contributed by atoms with E-state index in [4.69, 9.17) is 4.74 Å². The van der Waals surface area contributed by atoms with Crippen LogP contribution >= 0.6 is 0 Å². The van der Waals surface area contributed by atoms with Crippen molar-refractivity contribution in [1.82, 2.24) is 0 Å². The molecule has 0 saturated heterocycles. The van der Waals surface area contributed by atoms with Gasteiger partial charge in [0.05, 0.1) is 11.1 Å². The molecule has 1 aliphatic rings. The van der Waals surface area contributed by atoms with Crippen molar-refractivity contribution in [3.05, 3.63) is 58.7 Å². The normalized spacial score (nSPS) is 14.5. The summed E-state index contributed by atoms with van der Waals surface area (Å²) in [6.07, 6.45) is -9.04. The van der Waals surface area contributed by atoms with Gasteiger partial charge in [-0.1, -0.05) is 6.07 Å². The van der Waals surface area contributed by atoms with Gasteiger partial charge in [0, 0.05) is 23.8 Å². The van der Waals surface area contributed by atoms with E-state index in [2.05, 4.69) is 4.90 Å². The Morgan fingerprint density at radius 2 is 1.57 bits per heavy atom. The zero-order chi connectivity index (χ0) is 20.7. The van der Waals surface area contributed by atoms with Crippen LogP contribution in [0.25, 0.3) is 0 Å². The summed E-state index contributed by atoms with van der Waals surface area (Å²) in [5.41, 5.74) is -0.972. The number of anilines is 1. The minimum Gasteiger partial charge on any atom is -0.489 e. The topological polar surface area (TPSA) is 12.5 Å². The first-order valence-corrected chi connectivity index (χ1v) is 8.76. The van der Waals surface area contributed by atoms with E-state index in [9.17, 15) is 26.3 Å². The molecule has 2 aromatic rings. The molecule has 0 spiro atoms. The highest BCUT2D eigenvalue weighted by Crippen LogP contribution is 2.38. The molecule has 28 heavy (non-hydrogen) atoms. The Labute approximate surface area is 158 Å². The Bertz CT molecular complexity index is 825. The number of fused-ring (bicyclic) bond motifs is 1. The van der Waals surface area contributed by atoms with Gasteiger partial charge in [-0.25, -0.2) is 0 Å². The molecule has 1 heterocycles. The van der Waals surface area contributed by atoms with Crippen LogP contribution in [0.1, 0.15) is 36.1 Å². The lowest BCUT2D eigenvalue weighted by molar-refractivity contribution is -0.143. The minimum atomic E-state index is -4.87. The van der Waals surface area contributed by atoms with Gasteiger partial charge in [-0.2, -0.15) is 26.3 Å². The summed E-state index contributed by atoms with van der Waals surface area (Å²) in [7, 11) is 0. The maximum absolute atomic E-state index is 13.0. The fraction of sp³-hybridized carbons (Fsp3) is 0.400. The second kappa shape index (κ2) is 7.22. The summed E-state index contributed by atoms with van der Waals surface area (Å²) in [6.45, 7) is 4.49. The minimum absolute atomic E-state index is 0.115. The number of alkyl halides is 6. The lowest BCUT2D eigenvalue weighted by Crippen LogP contribution is -2.28. The predicted octanol–water partition coefficient (Wildman–Crippen LogP) is 6.07. The fourth-order valence-corrected chi connectivity index (χ4v) is 3.36. The molecule has 0 aliphatic carbocycles. The Morgan fingerprint density at radius 3 is 2.11 bits per heavy atom.